The van der Waals surface area contributed by atoms with Gasteiger partial charge in [-0.05, 0) is 61.7 Å². The molecular weight excluding hydrogens is 459 g/mol. The third-order valence-electron chi connectivity index (χ3n) is 6.99. The maximum Gasteiger partial charge on any atom is 0.254 e. The van der Waals surface area contributed by atoms with Gasteiger partial charge in [0.05, 0.1) is 17.8 Å². The number of carbonyl (C=O) groups is 1. The third kappa shape index (κ3) is 4.28. The fraction of sp³-hybridized carbons (Fsp3) is 0.346. The number of aromatic amines is 1. The van der Waals surface area contributed by atoms with E-state index in [0.29, 0.717) is 43.1 Å². The Hall–Kier alpha value is -3.92. The summed E-state index contributed by atoms with van der Waals surface area (Å²) in [6.45, 7) is 5.86. The fourth-order valence-electron chi connectivity index (χ4n) is 5.29. The Morgan fingerprint density at radius 3 is 2.78 bits per heavy atom. The van der Waals surface area contributed by atoms with E-state index in [1.165, 1.54) is 11.1 Å². The molecule has 4 aromatic rings. The molecule has 6 rings (SSSR count). The molecule has 1 saturated heterocycles. The van der Waals surface area contributed by atoms with Crippen LogP contribution in [0.1, 0.15) is 39.2 Å². The largest absolute Gasteiger partial charge is 0.336 e. The molecule has 2 aliphatic heterocycles. The fourth-order valence-corrected chi connectivity index (χ4v) is 5.29. The van der Waals surface area contributed by atoms with Gasteiger partial charge in [0.15, 0.2) is 0 Å². The molecular formula is C26H27FN8O. The third-order valence-corrected chi connectivity index (χ3v) is 6.99. The highest BCUT2D eigenvalue weighted by Crippen LogP contribution is 2.30. The number of likely N-dealkylation sites (tertiary alicyclic amines) is 1. The average molecular weight is 487 g/mol. The minimum Gasteiger partial charge on any atom is -0.336 e. The number of nitrogens with one attached hydrogen (secondary N) is 2. The Balaban J connectivity index is 1.11. The summed E-state index contributed by atoms with van der Waals surface area (Å²) in [7, 11) is 0. The molecule has 2 aliphatic rings. The van der Waals surface area contributed by atoms with Crippen LogP contribution in [0.25, 0.3) is 11.0 Å². The van der Waals surface area contributed by atoms with Gasteiger partial charge in [0, 0.05) is 48.7 Å². The number of aromatic nitrogens is 5. The van der Waals surface area contributed by atoms with Gasteiger partial charge in [-0.25, -0.2) is 14.4 Å². The number of aryl methyl sites for hydroxylation is 2. The van der Waals surface area contributed by atoms with Crippen molar-refractivity contribution in [1.82, 2.24) is 35.2 Å². The van der Waals surface area contributed by atoms with E-state index in [1.807, 2.05) is 6.20 Å². The topological polar surface area (TPSA) is 103 Å². The number of hydrogen-bond donors (Lipinski definition) is 2. The molecule has 0 spiro atoms. The van der Waals surface area contributed by atoms with Crippen LogP contribution in [0.2, 0.25) is 0 Å². The highest BCUT2D eigenvalue weighted by molar-refractivity contribution is 5.97. The standard InChI is InChI=1S/C26H27FN8O/c1-15-7-16(2)9-19(8-15)29-26-28-11-18-12-35(14-23(18)30-26)24-5-6-34(13-20(24)27)25(36)17-3-4-21-22(10-17)32-33-31-21/h3-4,7-11,20,24H,5-6,12-14H2,1-2H3,(H,28,29,30)(H,31,32,33). The smallest absolute Gasteiger partial charge is 0.254 e. The molecule has 4 heterocycles. The Morgan fingerprint density at radius 1 is 1.14 bits per heavy atom. The summed E-state index contributed by atoms with van der Waals surface area (Å²) in [5, 5.41) is 13.8. The summed E-state index contributed by atoms with van der Waals surface area (Å²) in [6.07, 6.45) is 1.25. The number of piperidine rings is 1. The molecule has 0 saturated carbocycles. The van der Waals surface area contributed by atoms with Gasteiger partial charge in [-0.1, -0.05) is 11.3 Å². The summed E-state index contributed by atoms with van der Waals surface area (Å²) >= 11 is 0. The van der Waals surface area contributed by atoms with E-state index in [-0.39, 0.29) is 18.5 Å². The van der Waals surface area contributed by atoms with Crippen molar-refractivity contribution >= 4 is 28.6 Å². The first-order valence-corrected chi connectivity index (χ1v) is 12.1. The minimum atomic E-state index is -1.14. The van der Waals surface area contributed by atoms with Gasteiger partial charge in [-0.2, -0.15) is 0 Å². The Labute approximate surface area is 207 Å². The molecule has 10 heteroatoms. The van der Waals surface area contributed by atoms with Crippen molar-refractivity contribution in [3.63, 3.8) is 0 Å². The number of benzene rings is 2. The number of hydrogen-bond acceptors (Lipinski definition) is 7. The zero-order valence-corrected chi connectivity index (χ0v) is 20.2. The molecule has 0 aliphatic carbocycles. The Bertz CT molecular complexity index is 1430. The predicted octanol–water partition coefficient (Wildman–Crippen LogP) is 3.68. The summed E-state index contributed by atoms with van der Waals surface area (Å²) in [6, 6.07) is 11.2. The first-order valence-electron chi connectivity index (χ1n) is 12.1. The highest BCUT2D eigenvalue weighted by Gasteiger charge is 2.38. The molecule has 2 N–H and O–H groups in total. The lowest BCUT2D eigenvalue weighted by molar-refractivity contribution is 0.0270. The van der Waals surface area contributed by atoms with Gasteiger partial charge in [-0.3, -0.25) is 14.8 Å². The number of amides is 1. The maximum absolute atomic E-state index is 15.4. The van der Waals surface area contributed by atoms with E-state index in [9.17, 15) is 4.79 Å². The molecule has 0 bridgehead atoms. The molecule has 1 fully saturated rings. The maximum atomic E-state index is 15.4. The van der Waals surface area contributed by atoms with Crippen molar-refractivity contribution < 1.29 is 9.18 Å². The lowest BCUT2D eigenvalue weighted by atomic mass is 10.0. The van der Waals surface area contributed by atoms with E-state index in [0.717, 1.165) is 22.5 Å². The summed E-state index contributed by atoms with van der Waals surface area (Å²) < 4.78 is 15.4. The average Bonchev–Trinajstić information content (AvgIpc) is 3.49. The second kappa shape index (κ2) is 8.94. The van der Waals surface area contributed by atoms with Crippen molar-refractivity contribution in [3.05, 3.63) is 70.5 Å². The van der Waals surface area contributed by atoms with Crippen molar-refractivity contribution in [2.24, 2.45) is 0 Å². The van der Waals surface area contributed by atoms with E-state index in [4.69, 9.17) is 4.98 Å². The quantitative estimate of drug-likeness (QED) is 0.454. The normalized spacial score (nSPS) is 20.0. The van der Waals surface area contributed by atoms with E-state index in [1.54, 1.807) is 23.1 Å². The van der Waals surface area contributed by atoms with Crippen molar-refractivity contribution in [2.75, 3.05) is 18.4 Å². The summed E-state index contributed by atoms with van der Waals surface area (Å²) in [5.74, 6) is 0.362. The number of nitrogens with zero attached hydrogens (tertiary/aromatic N) is 6. The SMILES string of the molecule is Cc1cc(C)cc(Nc2ncc3c(n2)CN(C2CCN(C(=O)c4ccc5[nH]nnc5c4)CC2F)C3)c1. The molecule has 2 unspecified atom stereocenters. The van der Waals surface area contributed by atoms with Crippen LogP contribution >= 0.6 is 0 Å². The monoisotopic (exact) mass is 486 g/mol. The molecule has 36 heavy (non-hydrogen) atoms. The molecule has 1 amide bonds. The van der Waals surface area contributed by atoms with Crippen LogP contribution in [0.5, 0.6) is 0 Å². The first-order chi connectivity index (χ1) is 17.4. The number of H-pyrrole nitrogens is 1. The second-order valence-corrected chi connectivity index (χ2v) is 9.74. The van der Waals surface area contributed by atoms with Crippen LogP contribution in [-0.4, -0.2) is 66.4 Å². The molecule has 2 aromatic heterocycles. The lowest BCUT2D eigenvalue weighted by Gasteiger charge is -2.39. The molecule has 2 atom stereocenters. The first kappa shape index (κ1) is 22.5. The number of fused-ring (bicyclic) bond motifs is 2. The van der Waals surface area contributed by atoms with E-state index < -0.39 is 6.17 Å². The van der Waals surface area contributed by atoms with E-state index in [2.05, 4.69) is 62.7 Å². The van der Waals surface area contributed by atoms with Crippen LogP contribution in [0.15, 0.2) is 42.6 Å². The van der Waals surface area contributed by atoms with Crippen molar-refractivity contribution in [1.29, 1.82) is 0 Å². The van der Waals surface area contributed by atoms with Crippen LogP contribution in [0, 0.1) is 13.8 Å². The number of anilines is 2. The number of rotatable bonds is 4. The molecule has 2 aromatic carbocycles. The van der Waals surface area contributed by atoms with Gasteiger partial charge in [0.1, 0.15) is 11.7 Å². The Kier molecular flexibility index (Phi) is 5.60. The molecule has 0 radical (unpaired) electrons. The van der Waals surface area contributed by atoms with Crippen LogP contribution in [0.3, 0.4) is 0 Å². The van der Waals surface area contributed by atoms with Gasteiger partial charge >= 0.3 is 0 Å². The summed E-state index contributed by atoms with van der Waals surface area (Å²) in [5.41, 5.74) is 7.11. The van der Waals surface area contributed by atoms with Gasteiger partial charge in [0.25, 0.3) is 5.91 Å². The zero-order chi connectivity index (χ0) is 24.8. The van der Waals surface area contributed by atoms with Gasteiger partial charge in [-0.15, -0.1) is 5.10 Å². The van der Waals surface area contributed by atoms with Crippen LogP contribution < -0.4 is 5.32 Å². The van der Waals surface area contributed by atoms with Gasteiger partial charge < -0.3 is 10.2 Å². The van der Waals surface area contributed by atoms with E-state index >= 15 is 4.39 Å². The number of carbonyl (C=O) groups excluding carboxylic acids is 1. The lowest BCUT2D eigenvalue weighted by Crippen LogP contribution is -2.52. The Morgan fingerprint density at radius 2 is 1.97 bits per heavy atom. The van der Waals surface area contributed by atoms with Crippen LogP contribution in [-0.2, 0) is 13.1 Å². The molecule has 184 valence electrons. The second-order valence-electron chi connectivity index (χ2n) is 9.74. The van der Waals surface area contributed by atoms with Crippen molar-refractivity contribution in [3.8, 4) is 0 Å². The predicted molar refractivity (Wildman–Crippen MR) is 134 cm³/mol. The minimum absolute atomic E-state index is 0.0678. The summed E-state index contributed by atoms with van der Waals surface area (Å²) in [4.78, 5) is 25.9. The zero-order valence-electron chi connectivity index (χ0n) is 20.2. The van der Waals surface area contributed by atoms with Crippen LogP contribution in [0.4, 0.5) is 16.0 Å². The van der Waals surface area contributed by atoms with Crippen molar-refractivity contribution in [2.45, 2.75) is 45.6 Å². The number of halogens is 1. The molecule has 9 nitrogen and oxygen atoms in total. The highest BCUT2D eigenvalue weighted by atomic mass is 19.1. The van der Waals surface area contributed by atoms with Gasteiger partial charge in [0.2, 0.25) is 5.95 Å². The number of alkyl halides is 1.